The molecule has 3 atom stereocenters. The quantitative estimate of drug-likeness (QED) is 0.0140. The molecule has 0 aromatic heterocycles. The van der Waals surface area contributed by atoms with Gasteiger partial charge in [0.15, 0.2) is 0 Å². The second-order valence-corrected chi connectivity index (χ2v) is 21.7. The lowest BCUT2D eigenvalue weighted by Crippen LogP contribution is -2.39. The van der Waals surface area contributed by atoms with Gasteiger partial charge in [0.1, 0.15) is 25.4 Å². The third-order valence-corrected chi connectivity index (χ3v) is 15.4. The number of benzene rings is 3. The maximum Gasteiger partial charge on any atom is 0.315 e. The van der Waals surface area contributed by atoms with Crippen LogP contribution in [0.2, 0.25) is 0 Å². The summed E-state index contributed by atoms with van der Waals surface area (Å²) < 4.78 is 47.2. The van der Waals surface area contributed by atoms with E-state index < -0.39 is 11.9 Å². The number of nitrogens with zero attached hydrogens (tertiary/aromatic N) is 3. The molecular weight excluding hydrogens is 1100 g/mol. The largest absolute Gasteiger partial charge is 0.545 e. The predicted octanol–water partition coefficient (Wildman–Crippen LogP) is 2.26. The van der Waals surface area contributed by atoms with Crippen molar-refractivity contribution in [2.45, 2.75) is 55.9 Å². The lowest BCUT2D eigenvalue weighted by molar-refractivity contribution is -0.255. The minimum atomic E-state index is -1.47. The Labute approximate surface area is 495 Å². The van der Waals surface area contributed by atoms with E-state index in [0.29, 0.717) is 124 Å². The van der Waals surface area contributed by atoms with Crippen LogP contribution in [0.3, 0.4) is 0 Å². The van der Waals surface area contributed by atoms with Gasteiger partial charge in [0.05, 0.1) is 117 Å². The topological polar surface area (TPSA) is 273 Å². The molecule has 24 heteroatoms. The highest BCUT2D eigenvalue weighted by atomic mass is 32.2. The van der Waals surface area contributed by atoms with E-state index >= 15 is 0 Å². The summed E-state index contributed by atoms with van der Waals surface area (Å²) in [7, 11) is 7.66. The molecule has 0 saturated carbocycles. The Morgan fingerprint density at radius 2 is 1.35 bits per heavy atom. The Morgan fingerprint density at radius 1 is 0.714 bits per heavy atom. The minimum Gasteiger partial charge on any atom is -0.545 e. The first-order valence-corrected chi connectivity index (χ1v) is 29.8. The molecule has 6 amide bonds. The summed E-state index contributed by atoms with van der Waals surface area (Å²) in [5.74, 6) is -1.22. The summed E-state index contributed by atoms with van der Waals surface area (Å²) >= 11 is 1.87. The molecule has 2 fully saturated rings. The monoisotopic (exact) mass is 1190 g/mol. The number of aromatic carboxylic acids is 1. The molecule has 84 heavy (non-hydrogen) atoms. The molecule has 4 aliphatic rings. The van der Waals surface area contributed by atoms with Crippen LogP contribution in [0.4, 0.5) is 10.5 Å². The normalized spacial score (nSPS) is 15.3. The van der Waals surface area contributed by atoms with Gasteiger partial charge in [0.25, 0.3) is 5.91 Å². The molecule has 5 N–H and O–H groups in total. The van der Waals surface area contributed by atoms with Gasteiger partial charge in [-0.3, -0.25) is 19.2 Å². The van der Waals surface area contributed by atoms with Crippen LogP contribution >= 0.6 is 11.8 Å². The standard InChI is InChI=1S/C60H84N8O15S/c1-6-24-76-28-32-80-36-37-82-35-31-79-27-23-68(22-18-54(70)62-21-26-78-30-34-81-33-29-77-25-20-61-53(69)10-8-7-9-52-57-49(41-84-52)64-60(75)65-57)55(71)17-19-63-58(72)42-11-14-45(48(38-42)59(73)74)56-46-15-12-43(66(2)3)39-50(46)83-51-40-44(67(4)5)13-16-47(51)56/h6,11-16,38-40,49,52,57H,1,7-10,17-37,41H2,2-5H3,(H5-,61,62,63,64,65,69,70,72,73,74,75)/t49-,52+,57-/m0/s1. The molecule has 0 bridgehead atoms. The number of anilines is 1. The Hall–Kier alpha value is -6.64. The van der Waals surface area contributed by atoms with Gasteiger partial charge in [-0.25, -0.2) is 9.37 Å². The lowest BCUT2D eigenvalue weighted by atomic mass is 9.89. The van der Waals surface area contributed by atoms with Crippen molar-refractivity contribution < 1.29 is 71.4 Å². The van der Waals surface area contributed by atoms with Crippen LogP contribution in [-0.4, -0.2) is 217 Å². The molecule has 2 aromatic carbocycles. The first-order valence-electron chi connectivity index (χ1n) is 28.7. The number of urea groups is 1. The fourth-order valence-corrected chi connectivity index (χ4v) is 11.0. The molecule has 6 rings (SSSR count). The summed E-state index contributed by atoms with van der Waals surface area (Å²) in [5, 5.41) is 29.2. The van der Waals surface area contributed by atoms with Gasteiger partial charge in [-0.1, -0.05) is 18.6 Å². The van der Waals surface area contributed by atoms with E-state index in [4.69, 9.17) is 37.6 Å². The molecule has 2 aromatic rings. The second-order valence-electron chi connectivity index (χ2n) is 20.4. The Kier molecular flexibility index (Phi) is 28.7. The van der Waals surface area contributed by atoms with Crippen LogP contribution in [0.25, 0.3) is 33.4 Å². The highest BCUT2D eigenvalue weighted by molar-refractivity contribution is 8.00. The fraction of sp³-hybridized carbons (Fsp3) is 0.550. The van der Waals surface area contributed by atoms with E-state index in [-0.39, 0.29) is 106 Å². The molecule has 3 aliphatic heterocycles. The maximum absolute atomic E-state index is 13.7. The first-order chi connectivity index (χ1) is 40.7. The van der Waals surface area contributed by atoms with Crippen LogP contribution in [0.1, 0.15) is 59.2 Å². The molecule has 23 nitrogen and oxygen atoms in total. The summed E-state index contributed by atoms with van der Waals surface area (Å²) in [6.45, 7) is 9.25. The molecule has 0 unspecified atom stereocenters. The van der Waals surface area contributed by atoms with Crippen LogP contribution < -0.4 is 46.5 Å². The number of ether oxygens (including phenoxy) is 7. The molecule has 3 heterocycles. The number of amides is 6. The van der Waals surface area contributed by atoms with E-state index in [0.717, 1.165) is 36.1 Å². The van der Waals surface area contributed by atoms with Crippen molar-refractivity contribution >= 4 is 64.0 Å². The van der Waals surface area contributed by atoms with Crippen LogP contribution in [0, 0.1) is 0 Å². The Balaban J connectivity index is 0.900. The molecule has 460 valence electrons. The predicted molar refractivity (Wildman–Crippen MR) is 318 cm³/mol. The number of hydrogen-bond acceptors (Lipinski definition) is 17. The zero-order chi connectivity index (χ0) is 60.1. The van der Waals surface area contributed by atoms with Gasteiger partial charge in [0, 0.05) is 123 Å². The van der Waals surface area contributed by atoms with E-state index in [1.54, 1.807) is 18.2 Å². The summed E-state index contributed by atoms with van der Waals surface area (Å²) in [6.07, 6.45) is 4.70. The summed E-state index contributed by atoms with van der Waals surface area (Å²) in [5.41, 5.74) is 2.92. The highest BCUT2D eigenvalue weighted by Crippen LogP contribution is 2.42. The van der Waals surface area contributed by atoms with Crippen LogP contribution in [0.15, 0.2) is 71.7 Å². The minimum absolute atomic E-state index is 0.000223. The zero-order valence-corrected chi connectivity index (χ0v) is 49.8. The lowest BCUT2D eigenvalue weighted by Gasteiger charge is -2.23. The number of carbonyl (C=O) groups is 6. The molecule has 0 radical (unpaired) electrons. The van der Waals surface area contributed by atoms with Crippen molar-refractivity contribution in [3.8, 4) is 22.5 Å². The Morgan fingerprint density at radius 3 is 1.99 bits per heavy atom. The fourth-order valence-electron chi connectivity index (χ4n) is 9.45. The number of carboxylic acid groups (broad SMARTS) is 1. The number of nitrogens with one attached hydrogen (secondary N) is 5. The highest BCUT2D eigenvalue weighted by Gasteiger charge is 2.42. The molecular formula is C60H84N8O15S. The third kappa shape index (κ3) is 21.8. The Bertz CT molecular complexity index is 2830. The number of carbonyl (C=O) groups excluding carboxylic acids is 6. The zero-order valence-electron chi connectivity index (χ0n) is 49.0. The number of hydrogen-bond donors (Lipinski definition) is 5. The van der Waals surface area contributed by atoms with E-state index in [2.05, 4.69) is 33.2 Å². The van der Waals surface area contributed by atoms with Gasteiger partial charge < -0.3 is 83.9 Å². The number of thioether (sulfide) groups is 1. The van der Waals surface area contributed by atoms with Gasteiger partial charge >= 0.3 is 6.03 Å². The van der Waals surface area contributed by atoms with Gasteiger partial charge in [0.2, 0.25) is 23.1 Å². The second kappa shape index (κ2) is 36.3. The third-order valence-electron chi connectivity index (χ3n) is 13.9. The number of carboxylic acids is 1. The number of rotatable bonds is 41. The molecule has 1 aliphatic carbocycles. The average molecular weight is 1190 g/mol. The van der Waals surface area contributed by atoms with Crippen molar-refractivity contribution in [3.05, 3.63) is 83.7 Å². The maximum atomic E-state index is 13.7. The first kappa shape index (κ1) is 66.5. The van der Waals surface area contributed by atoms with Crippen molar-refractivity contribution in [2.75, 3.05) is 164 Å². The van der Waals surface area contributed by atoms with Crippen LogP contribution in [0.5, 0.6) is 0 Å². The van der Waals surface area contributed by atoms with Crippen molar-refractivity contribution in [1.29, 1.82) is 0 Å². The van der Waals surface area contributed by atoms with Crippen molar-refractivity contribution in [2.24, 2.45) is 0 Å². The van der Waals surface area contributed by atoms with Gasteiger partial charge in [-0.2, -0.15) is 11.8 Å². The summed E-state index contributed by atoms with van der Waals surface area (Å²) in [4.78, 5) is 80.3. The molecule has 2 saturated heterocycles. The van der Waals surface area contributed by atoms with E-state index in [1.807, 2.05) is 85.8 Å². The summed E-state index contributed by atoms with van der Waals surface area (Å²) in [6, 6.07) is 16.1. The average Bonchev–Trinajstić information content (AvgIpc) is 1.39. The van der Waals surface area contributed by atoms with Crippen molar-refractivity contribution in [1.82, 2.24) is 36.1 Å². The molecule has 0 spiro atoms. The van der Waals surface area contributed by atoms with Crippen LogP contribution in [-0.2, 0) is 47.5 Å². The van der Waals surface area contributed by atoms with Crippen molar-refractivity contribution in [3.63, 3.8) is 0 Å². The SMILES string of the molecule is C=CCOCCOCCOCCOCCN(CCC(=O)NCCOCCOCCOCCNC(=O)CCCC[C@H]1SC[C@@H]2NC(=O)N[C@@H]21)C(=O)CCNC(=O)c1ccc(-c2c3ccc(=[N+](C)C)cc-3oc3cc(N(C)C)ccc23)c(C(=O)[O-])c1. The van der Waals surface area contributed by atoms with Gasteiger partial charge in [-0.15, -0.1) is 6.58 Å². The smallest absolute Gasteiger partial charge is 0.315 e. The number of unbranched alkanes of at least 4 members (excludes halogenated alkanes) is 1. The van der Waals surface area contributed by atoms with Gasteiger partial charge in [-0.05, 0) is 48.7 Å². The number of fused-ring (bicyclic) bond motifs is 3. The van der Waals surface area contributed by atoms with E-state index in [1.165, 1.54) is 11.0 Å². The van der Waals surface area contributed by atoms with E-state index in [9.17, 15) is 33.9 Å².